The van der Waals surface area contributed by atoms with Crippen molar-refractivity contribution in [2.75, 3.05) is 38.0 Å². The molecule has 27 heavy (non-hydrogen) atoms. The number of rotatable bonds is 11. The zero-order chi connectivity index (χ0) is 20.4. The standard InChI is InChI=1S/C22H37N3O2/c1-7-12-24(15-21(26)23-20-11-9-8-10-19(20)6)16-22(27)25(13-17(2)3)14-18(4)5/h8-11,17-18H,7,12-16H2,1-6H3,(H,23,26). The molecule has 5 heteroatoms. The number of nitrogens with one attached hydrogen (secondary N) is 1. The Bertz CT molecular complexity index is 589. The van der Waals surface area contributed by atoms with Gasteiger partial charge in [-0.25, -0.2) is 0 Å². The number of hydrogen-bond donors (Lipinski definition) is 1. The molecule has 0 unspecified atom stereocenters. The van der Waals surface area contributed by atoms with Crippen LogP contribution in [0.2, 0.25) is 0 Å². The molecule has 0 saturated heterocycles. The van der Waals surface area contributed by atoms with Gasteiger partial charge in [0, 0.05) is 18.8 Å². The van der Waals surface area contributed by atoms with Gasteiger partial charge in [-0.15, -0.1) is 0 Å². The number of amides is 2. The summed E-state index contributed by atoms with van der Waals surface area (Å²) in [6.07, 6.45) is 0.902. The molecule has 0 aliphatic rings. The molecule has 0 aliphatic carbocycles. The Hall–Kier alpha value is -1.88. The van der Waals surface area contributed by atoms with Crippen LogP contribution in [0.5, 0.6) is 0 Å². The van der Waals surface area contributed by atoms with E-state index < -0.39 is 0 Å². The van der Waals surface area contributed by atoms with Crippen molar-refractivity contribution in [1.29, 1.82) is 0 Å². The van der Waals surface area contributed by atoms with Crippen molar-refractivity contribution in [1.82, 2.24) is 9.80 Å². The van der Waals surface area contributed by atoms with E-state index in [0.717, 1.165) is 37.3 Å². The minimum absolute atomic E-state index is 0.0789. The van der Waals surface area contributed by atoms with Gasteiger partial charge in [-0.2, -0.15) is 0 Å². The van der Waals surface area contributed by atoms with Crippen LogP contribution in [0, 0.1) is 18.8 Å². The first-order valence-corrected chi connectivity index (χ1v) is 10.1. The molecule has 0 radical (unpaired) electrons. The summed E-state index contributed by atoms with van der Waals surface area (Å²) in [5, 5.41) is 2.96. The molecule has 0 spiro atoms. The van der Waals surface area contributed by atoms with Crippen molar-refractivity contribution in [3.8, 4) is 0 Å². The van der Waals surface area contributed by atoms with Gasteiger partial charge in [0.2, 0.25) is 11.8 Å². The fraction of sp³-hybridized carbons (Fsp3) is 0.636. The predicted molar refractivity (Wildman–Crippen MR) is 113 cm³/mol. The Morgan fingerprint density at radius 3 is 2.11 bits per heavy atom. The third-order valence-electron chi connectivity index (χ3n) is 4.21. The van der Waals surface area contributed by atoms with Gasteiger partial charge in [0.25, 0.3) is 0 Å². The highest BCUT2D eigenvalue weighted by molar-refractivity contribution is 5.93. The lowest BCUT2D eigenvalue weighted by atomic mass is 10.1. The van der Waals surface area contributed by atoms with Crippen LogP contribution in [-0.4, -0.2) is 54.3 Å². The van der Waals surface area contributed by atoms with Crippen molar-refractivity contribution in [2.24, 2.45) is 11.8 Å². The molecular formula is C22H37N3O2. The van der Waals surface area contributed by atoms with E-state index >= 15 is 0 Å². The van der Waals surface area contributed by atoms with Crippen LogP contribution in [0.25, 0.3) is 0 Å². The van der Waals surface area contributed by atoms with Gasteiger partial charge in [0.05, 0.1) is 13.1 Å². The van der Waals surface area contributed by atoms with Crippen molar-refractivity contribution in [3.63, 3.8) is 0 Å². The molecule has 1 rings (SSSR count). The Kier molecular flexibility index (Phi) is 10.1. The molecule has 0 atom stereocenters. The predicted octanol–water partition coefficient (Wildman–Crippen LogP) is 3.79. The van der Waals surface area contributed by atoms with Crippen LogP contribution in [0.1, 0.15) is 46.6 Å². The summed E-state index contributed by atoms with van der Waals surface area (Å²) < 4.78 is 0. The molecule has 0 aromatic heterocycles. The molecule has 0 aliphatic heterocycles. The summed E-state index contributed by atoms with van der Waals surface area (Å²) in [4.78, 5) is 29.2. The smallest absolute Gasteiger partial charge is 0.238 e. The van der Waals surface area contributed by atoms with Crippen molar-refractivity contribution in [2.45, 2.75) is 48.0 Å². The van der Waals surface area contributed by atoms with Crippen LogP contribution < -0.4 is 5.32 Å². The lowest BCUT2D eigenvalue weighted by molar-refractivity contribution is -0.133. The van der Waals surface area contributed by atoms with E-state index in [9.17, 15) is 9.59 Å². The molecule has 0 heterocycles. The highest BCUT2D eigenvalue weighted by Gasteiger charge is 2.20. The number of anilines is 1. The molecule has 152 valence electrons. The molecule has 0 bridgehead atoms. The van der Waals surface area contributed by atoms with E-state index in [4.69, 9.17) is 0 Å². The number of carbonyl (C=O) groups excluding carboxylic acids is 2. The maximum absolute atomic E-state index is 12.8. The van der Waals surface area contributed by atoms with E-state index in [2.05, 4.69) is 39.9 Å². The first-order chi connectivity index (χ1) is 12.7. The number of aryl methyl sites for hydroxylation is 1. The maximum Gasteiger partial charge on any atom is 0.238 e. The fourth-order valence-electron chi connectivity index (χ4n) is 3.09. The molecular weight excluding hydrogens is 338 g/mol. The van der Waals surface area contributed by atoms with Gasteiger partial charge < -0.3 is 10.2 Å². The summed E-state index contributed by atoms with van der Waals surface area (Å²) >= 11 is 0. The maximum atomic E-state index is 12.8. The average Bonchev–Trinajstić information content (AvgIpc) is 2.55. The second-order valence-electron chi connectivity index (χ2n) is 8.16. The quantitative estimate of drug-likeness (QED) is 0.640. The average molecular weight is 376 g/mol. The molecule has 1 aromatic carbocycles. The van der Waals surface area contributed by atoms with E-state index in [-0.39, 0.29) is 24.9 Å². The molecule has 5 nitrogen and oxygen atoms in total. The largest absolute Gasteiger partial charge is 0.341 e. The van der Waals surface area contributed by atoms with Crippen molar-refractivity contribution < 1.29 is 9.59 Å². The summed E-state index contributed by atoms with van der Waals surface area (Å²) in [6, 6.07) is 7.73. The monoisotopic (exact) mass is 375 g/mol. The van der Waals surface area contributed by atoms with E-state index in [1.54, 1.807) is 0 Å². The Balaban J connectivity index is 2.71. The number of hydrogen-bond acceptors (Lipinski definition) is 3. The molecule has 2 amide bonds. The van der Waals surface area contributed by atoms with Gasteiger partial charge in [0.15, 0.2) is 0 Å². The van der Waals surface area contributed by atoms with Gasteiger partial charge in [-0.3, -0.25) is 14.5 Å². The van der Waals surface area contributed by atoms with Crippen LogP contribution in [-0.2, 0) is 9.59 Å². The Labute approximate surface area is 165 Å². The van der Waals surface area contributed by atoms with E-state index in [1.165, 1.54) is 0 Å². The lowest BCUT2D eigenvalue weighted by Gasteiger charge is -2.29. The Morgan fingerprint density at radius 1 is 1.00 bits per heavy atom. The normalized spacial score (nSPS) is 11.3. The molecule has 0 fully saturated rings. The SMILES string of the molecule is CCCN(CC(=O)Nc1ccccc1C)CC(=O)N(CC(C)C)CC(C)C. The number of nitrogens with zero attached hydrogens (tertiary/aromatic N) is 2. The van der Waals surface area contributed by atoms with Gasteiger partial charge in [0.1, 0.15) is 0 Å². The first-order valence-electron chi connectivity index (χ1n) is 10.1. The van der Waals surface area contributed by atoms with Crippen LogP contribution >= 0.6 is 0 Å². The van der Waals surface area contributed by atoms with E-state index in [0.29, 0.717) is 11.8 Å². The van der Waals surface area contributed by atoms with Crippen LogP contribution in [0.3, 0.4) is 0 Å². The number of benzene rings is 1. The third kappa shape index (κ3) is 9.05. The Morgan fingerprint density at radius 2 is 1.59 bits per heavy atom. The summed E-state index contributed by atoms with van der Waals surface area (Å²) in [5.74, 6) is 0.882. The molecule has 0 saturated carbocycles. The fourth-order valence-corrected chi connectivity index (χ4v) is 3.09. The zero-order valence-corrected chi connectivity index (χ0v) is 17.9. The van der Waals surface area contributed by atoms with Crippen molar-refractivity contribution in [3.05, 3.63) is 29.8 Å². The van der Waals surface area contributed by atoms with Crippen molar-refractivity contribution >= 4 is 17.5 Å². The number of carbonyl (C=O) groups is 2. The second-order valence-corrected chi connectivity index (χ2v) is 8.16. The van der Waals surface area contributed by atoms with Crippen LogP contribution in [0.4, 0.5) is 5.69 Å². The third-order valence-corrected chi connectivity index (χ3v) is 4.21. The highest BCUT2D eigenvalue weighted by atomic mass is 16.2. The second kappa shape index (κ2) is 11.8. The number of para-hydroxylation sites is 1. The zero-order valence-electron chi connectivity index (χ0n) is 17.9. The molecule has 1 N–H and O–H groups in total. The van der Waals surface area contributed by atoms with Gasteiger partial charge in [-0.1, -0.05) is 52.8 Å². The molecule has 1 aromatic rings. The van der Waals surface area contributed by atoms with Crippen LogP contribution in [0.15, 0.2) is 24.3 Å². The minimum Gasteiger partial charge on any atom is -0.341 e. The summed E-state index contributed by atoms with van der Waals surface area (Å²) in [7, 11) is 0. The lowest BCUT2D eigenvalue weighted by Crippen LogP contribution is -2.45. The minimum atomic E-state index is -0.0789. The topological polar surface area (TPSA) is 52.7 Å². The summed E-state index contributed by atoms with van der Waals surface area (Å²) in [6.45, 7) is 15.3. The van der Waals surface area contributed by atoms with Gasteiger partial charge in [-0.05, 0) is 43.4 Å². The first kappa shape index (κ1) is 23.2. The van der Waals surface area contributed by atoms with E-state index in [1.807, 2.05) is 41.0 Å². The highest BCUT2D eigenvalue weighted by Crippen LogP contribution is 2.13. The summed E-state index contributed by atoms with van der Waals surface area (Å²) in [5.41, 5.74) is 1.86. The van der Waals surface area contributed by atoms with Gasteiger partial charge >= 0.3 is 0 Å².